The van der Waals surface area contributed by atoms with Crippen molar-refractivity contribution in [1.29, 1.82) is 0 Å². The average Bonchev–Trinajstić information content (AvgIpc) is 2.08. The van der Waals surface area contributed by atoms with Crippen LogP contribution in [0.25, 0.3) is 0 Å². The van der Waals surface area contributed by atoms with Crippen molar-refractivity contribution in [1.82, 2.24) is 0 Å². The van der Waals surface area contributed by atoms with E-state index in [2.05, 4.69) is 0 Å². The fourth-order valence-corrected chi connectivity index (χ4v) is 1.82. The summed E-state index contributed by atoms with van der Waals surface area (Å²) >= 11 is 1.38. The zero-order valence-corrected chi connectivity index (χ0v) is 8.47. The number of carboxylic acids is 1. The second-order valence-corrected chi connectivity index (χ2v) is 4.25. The molecule has 2 nitrogen and oxygen atoms in total. The summed E-state index contributed by atoms with van der Waals surface area (Å²) in [6.07, 6.45) is 0. The molecule has 13 heavy (non-hydrogen) atoms. The number of aliphatic carboxylic acids is 1. The van der Waals surface area contributed by atoms with Crippen LogP contribution in [0, 0.1) is 6.92 Å². The van der Waals surface area contributed by atoms with Crippen molar-refractivity contribution in [2.75, 3.05) is 0 Å². The van der Waals surface area contributed by atoms with E-state index in [1.165, 1.54) is 11.8 Å². The second kappa shape index (κ2) is 4.33. The highest BCUT2D eigenvalue weighted by Gasteiger charge is 2.12. The van der Waals surface area contributed by atoms with Crippen LogP contribution in [0.3, 0.4) is 0 Å². The molecule has 0 amide bonds. The van der Waals surface area contributed by atoms with E-state index in [4.69, 9.17) is 5.11 Å². The maximum Gasteiger partial charge on any atom is 0.316 e. The van der Waals surface area contributed by atoms with Gasteiger partial charge in [0.15, 0.2) is 0 Å². The highest BCUT2D eigenvalue weighted by atomic mass is 32.2. The van der Waals surface area contributed by atoms with Gasteiger partial charge in [0.05, 0.1) is 0 Å². The van der Waals surface area contributed by atoms with Crippen LogP contribution < -0.4 is 0 Å². The molecular formula is C10H12O2S. The minimum atomic E-state index is -0.770. The highest BCUT2D eigenvalue weighted by Crippen LogP contribution is 2.25. The van der Waals surface area contributed by atoms with Gasteiger partial charge >= 0.3 is 5.97 Å². The molecule has 1 atom stereocenters. The van der Waals surface area contributed by atoms with Crippen LogP contribution in [0.4, 0.5) is 0 Å². The molecule has 0 fully saturated rings. The first-order valence-corrected chi connectivity index (χ1v) is 4.94. The molecule has 1 rings (SSSR count). The first-order valence-electron chi connectivity index (χ1n) is 4.06. The third kappa shape index (κ3) is 2.77. The van der Waals surface area contributed by atoms with Crippen LogP contribution >= 0.6 is 11.8 Å². The van der Waals surface area contributed by atoms with E-state index < -0.39 is 5.97 Å². The van der Waals surface area contributed by atoms with Crippen molar-refractivity contribution >= 4 is 17.7 Å². The Morgan fingerprint density at radius 1 is 1.46 bits per heavy atom. The van der Waals surface area contributed by atoms with Gasteiger partial charge in [0.25, 0.3) is 0 Å². The standard InChI is InChI=1S/C10H12O2S/c1-7-5-3-4-6-9(7)13-8(2)10(11)12/h3-6,8H,1-2H3,(H,11,12). The lowest BCUT2D eigenvalue weighted by molar-refractivity contribution is -0.136. The summed E-state index contributed by atoms with van der Waals surface area (Å²) in [6.45, 7) is 3.68. The Labute approximate surface area is 82.0 Å². The van der Waals surface area contributed by atoms with Crippen molar-refractivity contribution in [3.8, 4) is 0 Å². The molecule has 70 valence electrons. The maximum absolute atomic E-state index is 10.6. The summed E-state index contributed by atoms with van der Waals surface area (Å²) in [5.74, 6) is -0.770. The van der Waals surface area contributed by atoms with Crippen LogP contribution in [0.5, 0.6) is 0 Å². The molecule has 1 N–H and O–H groups in total. The Kier molecular flexibility index (Phi) is 3.37. The molecule has 1 aromatic carbocycles. The summed E-state index contributed by atoms with van der Waals surface area (Å²) in [5.41, 5.74) is 1.13. The summed E-state index contributed by atoms with van der Waals surface area (Å²) in [4.78, 5) is 11.6. The van der Waals surface area contributed by atoms with Gasteiger partial charge in [0.1, 0.15) is 5.25 Å². The normalized spacial score (nSPS) is 12.5. The van der Waals surface area contributed by atoms with E-state index in [1.54, 1.807) is 6.92 Å². The SMILES string of the molecule is Cc1ccccc1SC(C)C(=O)O. The van der Waals surface area contributed by atoms with Gasteiger partial charge in [0.2, 0.25) is 0 Å². The number of rotatable bonds is 3. The Hall–Kier alpha value is -0.960. The molecular weight excluding hydrogens is 184 g/mol. The van der Waals surface area contributed by atoms with Crippen LogP contribution in [0.2, 0.25) is 0 Å². The third-order valence-electron chi connectivity index (χ3n) is 1.75. The molecule has 0 aliphatic heterocycles. The summed E-state index contributed by atoms with van der Waals surface area (Å²) in [7, 11) is 0. The number of aryl methyl sites for hydroxylation is 1. The summed E-state index contributed by atoms with van der Waals surface area (Å²) < 4.78 is 0. The van der Waals surface area contributed by atoms with E-state index in [1.807, 2.05) is 31.2 Å². The molecule has 0 saturated carbocycles. The molecule has 0 bridgehead atoms. The van der Waals surface area contributed by atoms with E-state index in [0.29, 0.717) is 0 Å². The third-order valence-corrected chi connectivity index (χ3v) is 3.01. The molecule has 0 spiro atoms. The van der Waals surface area contributed by atoms with Crippen LogP contribution in [0.15, 0.2) is 29.2 Å². The summed E-state index contributed by atoms with van der Waals surface area (Å²) in [5, 5.41) is 8.33. The van der Waals surface area contributed by atoms with Crippen molar-refractivity contribution in [2.24, 2.45) is 0 Å². The number of carboxylic acid groups (broad SMARTS) is 1. The van der Waals surface area contributed by atoms with Gasteiger partial charge in [-0.25, -0.2) is 0 Å². The average molecular weight is 196 g/mol. The number of hydrogen-bond acceptors (Lipinski definition) is 2. The van der Waals surface area contributed by atoms with Gasteiger partial charge in [-0.3, -0.25) is 4.79 Å². The molecule has 3 heteroatoms. The largest absolute Gasteiger partial charge is 0.480 e. The molecule has 1 unspecified atom stereocenters. The molecule has 0 aliphatic rings. The highest BCUT2D eigenvalue weighted by molar-refractivity contribution is 8.00. The Morgan fingerprint density at radius 2 is 2.08 bits per heavy atom. The topological polar surface area (TPSA) is 37.3 Å². The van der Waals surface area contributed by atoms with Crippen LogP contribution in [-0.4, -0.2) is 16.3 Å². The minimum absolute atomic E-state index is 0.388. The molecule has 0 aliphatic carbocycles. The predicted octanol–water partition coefficient (Wildman–Crippen LogP) is 2.56. The molecule has 0 aromatic heterocycles. The van der Waals surface area contributed by atoms with Crippen molar-refractivity contribution in [3.63, 3.8) is 0 Å². The lowest BCUT2D eigenvalue weighted by atomic mass is 10.2. The van der Waals surface area contributed by atoms with Crippen molar-refractivity contribution in [3.05, 3.63) is 29.8 Å². The number of benzene rings is 1. The lowest BCUT2D eigenvalue weighted by Crippen LogP contribution is -2.11. The van der Waals surface area contributed by atoms with E-state index in [-0.39, 0.29) is 5.25 Å². The number of hydrogen-bond donors (Lipinski definition) is 1. The smallest absolute Gasteiger partial charge is 0.316 e. The first kappa shape index (κ1) is 10.1. The monoisotopic (exact) mass is 196 g/mol. The quantitative estimate of drug-likeness (QED) is 0.755. The molecule has 1 aromatic rings. The first-order chi connectivity index (χ1) is 6.11. The molecule has 0 radical (unpaired) electrons. The second-order valence-electron chi connectivity index (χ2n) is 2.86. The van der Waals surface area contributed by atoms with Gasteiger partial charge in [-0.15, -0.1) is 11.8 Å². The zero-order chi connectivity index (χ0) is 9.84. The van der Waals surface area contributed by atoms with Gasteiger partial charge in [-0.05, 0) is 25.5 Å². The lowest BCUT2D eigenvalue weighted by Gasteiger charge is -2.07. The maximum atomic E-state index is 10.6. The Bertz CT molecular complexity index is 310. The minimum Gasteiger partial charge on any atom is -0.480 e. The van der Waals surface area contributed by atoms with Gasteiger partial charge in [0, 0.05) is 4.90 Å². The van der Waals surface area contributed by atoms with Crippen molar-refractivity contribution in [2.45, 2.75) is 24.0 Å². The molecule has 0 saturated heterocycles. The van der Waals surface area contributed by atoms with Gasteiger partial charge in [-0.1, -0.05) is 18.2 Å². The van der Waals surface area contributed by atoms with Crippen molar-refractivity contribution < 1.29 is 9.90 Å². The van der Waals surface area contributed by atoms with Gasteiger partial charge in [-0.2, -0.15) is 0 Å². The van der Waals surface area contributed by atoms with Gasteiger partial charge < -0.3 is 5.11 Å². The molecule has 0 heterocycles. The Morgan fingerprint density at radius 3 is 2.62 bits per heavy atom. The van der Waals surface area contributed by atoms with E-state index in [0.717, 1.165) is 10.5 Å². The van der Waals surface area contributed by atoms with Crippen LogP contribution in [-0.2, 0) is 4.79 Å². The number of carbonyl (C=O) groups is 1. The Balaban J connectivity index is 2.74. The fraction of sp³-hybridized carbons (Fsp3) is 0.300. The fourth-order valence-electron chi connectivity index (χ4n) is 0.930. The number of thioether (sulfide) groups is 1. The predicted molar refractivity (Wildman–Crippen MR) is 54.1 cm³/mol. The van der Waals surface area contributed by atoms with Crippen LogP contribution in [0.1, 0.15) is 12.5 Å². The van der Waals surface area contributed by atoms with E-state index >= 15 is 0 Å². The van der Waals surface area contributed by atoms with E-state index in [9.17, 15) is 4.79 Å². The summed E-state index contributed by atoms with van der Waals surface area (Å²) in [6, 6.07) is 7.80. The zero-order valence-electron chi connectivity index (χ0n) is 7.65.